The summed E-state index contributed by atoms with van der Waals surface area (Å²) in [6.45, 7) is 2.32. The second-order valence-corrected chi connectivity index (χ2v) is 7.44. The number of hydrogen-bond donors (Lipinski definition) is 2. The molecular weight excluding hydrogens is 352 g/mol. The second kappa shape index (κ2) is 7.43. The molecule has 0 saturated carbocycles. The highest BCUT2D eigenvalue weighted by molar-refractivity contribution is 7.15. The highest BCUT2D eigenvalue weighted by Crippen LogP contribution is 2.31. The summed E-state index contributed by atoms with van der Waals surface area (Å²) >= 11 is 1.54. The van der Waals surface area contributed by atoms with Gasteiger partial charge in [-0.05, 0) is 44.0 Å². The van der Waals surface area contributed by atoms with Crippen LogP contribution in [-0.4, -0.2) is 28.5 Å². The van der Waals surface area contributed by atoms with Crippen molar-refractivity contribution >= 4 is 33.5 Å². The summed E-state index contributed by atoms with van der Waals surface area (Å²) in [5.41, 5.74) is 1.23. The zero-order valence-electron chi connectivity index (χ0n) is 14.2. The quantitative estimate of drug-likeness (QED) is 0.718. The molecule has 136 valence electrons. The highest BCUT2D eigenvalue weighted by atomic mass is 32.1. The standard InChI is InChI=1S/C18H20N4O3S/c23-16(7-10-22-13-3-1-2-4-14(13)25-18(22)24)21-17-20-11-15(26-17)12-5-8-19-9-6-12/h1-4,11-12,19H,5-10H2,(H,20,21,23). The molecule has 0 bridgehead atoms. The monoisotopic (exact) mass is 372 g/mol. The van der Waals surface area contributed by atoms with Crippen LogP contribution in [0.25, 0.3) is 11.1 Å². The van der Waals surface area contributed by atoms with Crippen LogP contribution in [0, 0.1) is 0 Å². The zero-order chi connectivity index (χ0) is 17.9. The SMILES string of the molecule is O=C(CCn1c(=O)oc2ccccc21)Nc1ncc(C2CCNCC2)s1. The summed E-state index contributed by atoms with van der Waals surface area (Å²) in [5.74, 6) is -0.0786. The number of hydrogen-bond acceptors (Lipinski definition) is 6. The number of benzene rings is 1. The van der Waals surface area contributed by atoms with Crippen molar-refractivity contribution in [3.8, 4) is 0 Å². The third-order valence-electron chi connectivity index (χ3n) is 4.65. The van der Waals surface area contributed by atoms with Crippen LogP contribution in [0.1, 0.15) is 30.1 Å². The van der Waals surface area contributed by atoms with Gasteiger partial charge in [0.2, 0.25) is 5.91 Å². The summed E-state index contributed by atoms with van der Waals surface area (Å²) < 4.78 is 6.66. The lowest BCUT2D eigenvalue weighted by atomic mass is 9.97. The number of rotatable bonds is 5. The first-order valence-corrected chi connectivity index (χ1v) is 9.57. The Morgan fingerprint density at radius 2 is 2.15 bits per heavy atom. The predicted octanol–water partition coefficient (Wildman–Crippen LogP) is 2.55. The molecule has 3 aromatic rings. The number of oxazole rings is 1. The van der Waals surface area contributed by atoms with Crippen molar-refractivity contribution in [2.75, 3.05) is 18.4 Å². The Hall–Kier alpha value is -2.45. The fourth-order valence-electron chi connectivity index (χ4n) is 3.26. The summed E-state index contributed by atoms with van der Waals surface area (Å²) in [4.78, 5) is 29.7. The van der Waals surface area contributed by atoms with Crippen molar-refractivity contribution in [3.05, 3.63) is 45.9 Å². The topological polar surface area (TPSA) is 89.2 Å². The number of aryl methyl sites for hydroxylation is 1. The largest absolute Gasteiger partial charge is 0.419 e. The lowest BCUT2D eigenvalue weighted by molar-refractivity contribution is -0.116. The van der Waals surface area contributed by atoms with Gasteiger partial charge >= 0.3 is 5.76 Å². The van der Waals surface area contributed by atoms with Gasteiger partial charge in [-0.15, -0.1) is 11.3 Å². The Morgan fingerprint density at radius 3 is 3.00 bits per heavy atom. The first-order valence-electron chi connectivity index (χ1n) is 8.75. The van der Waals surface area contributed by atoms with Gasteiger partial charge in [-0.2, -0.15) is 0 Å². The Morgan fingerprint density at radius 1 is 1.35 bits per heavy atom. The number of thiazole rings is 1. The van der Waals surface area contributed by atoms with Crippen molar-refractivity contribution in [1.29, 1.82) is 0 Å². The molecule has 7 nitrogen and oxygen atoms in total. The van der Waals surface area contributed by atoms with Crippen LogP contribution in [0.3, 0.4) is 0 Å². The third-order valence-corrected chi connectivity index (χ3v) is 5.72. The van der Waals surface area contributed by atoms with E-state index in [1.54, 1.807) is 6.07 Å². The number of piperidine rings is 1. The van der Waals surface area contributed by atoms with E-state index in [1.807, 2.05) is 24.4 Å². The van der Waals surface area contributed by atoms with Gasteiger partial charge in [0.25, 0.3) is 0 Å². The van der Waals surface area contributed by atoms with E-state index in [0.29, 0.717) is 22.1 Å². The summed E-state index contributed by atoms with van der Waals surface area (Å²) in [5, 5.41) is 6.81. The number of para-hydroxylation sites is 2. The fourth-order valence-corrected chi connectivity index (χ4v) is 4.26. The average Bonchev–Trinajstić information content (AvgIpc) is 3.24. The minimum absolute atomic E-state index is 0.159. The van der Waals surface area contributed by atoms with Crippen molar-refractivity contribution in [1.82, 2.24) is 14.9 Å². The molecule has 0 aliphatic carbocycles. The van der Waals surface area contributed by atoms with Crippen LogP contribution in [-0.2, 0) is 11.3 Å². The zero-order valence-corrected chi connectivity index (χ0v) is 15.1. The Bertz CT molecular complexity index is 968. The Kier molecular flexibility index (Phi) is 4.85. The highest BCUT2D eigenvalue weighted by Gasteiger charge is 2.18. The molecular formula is C18H20N4O3S. The van der Waals surface area contributed by atoms with Gasteiger partial charge in [0.05, 0.1) is 5.52 Å². The minimum atomic E-state index is -0.443. The van der Waals surface area contributed by atoms with Gasteiger partial charge in [0, 0.05) is 24.0 Å². The molecule has 8 heteroatoms. The van der Waals surface area contributed by atoms with E-state index in [4.69, 9.17) is 4.42 Å². The molecule has 0 radical (unpaired) electrons. The lowest BCUT2D eigenvalue weighted by Gasteiger charge is -2.20. The van der Waals surface area contributed by atoms with E-state index >= 15 is 0 Å². The number of nitrogens with one attached hydrogen (secondary N) is 2. The first kappa shape index (κ1) is 17.0. The fraction of sp³-hybridized carbons (Fsp3) is 0.389. The van der Waals surface area contributed by atoms with E-state index in [1.165, 1.54) is 20.8 Å². The first-order chi connectivity index (χ1) is 12.7. The van der Waals surface area contributed by atoms with E-state index in [-0.39, 0.29) is 18.9 Å². The molecule has 1 amide bonds. The summed E-state index contributed by atoms with van der Waals surface area (Å²) in [6, 6.07) is 7.20. The maximum atomic E-state index is 12.2. The van der Waals surface area contributed by atoms with Crippen molar-refractivity contribution in [2.24, 2.45) is 0 Å². The van der Waals surface area contributed by atoms with Crippen LogP contribution < -0.4 is 16.4 Å². The molecule has 2 N–H and O–H groups in total. The van der Waals surface area contributed by atoms with Crippen LogP contribution in [0.2, 0.25) is 0 Å². The molecule has 1 aliphatic rings. The van der Waals surface area contributed by atoms with Crippen molar-refractivity contribution in [3.63, 3.8) is 0 Å². The van der Waals surface area contributed by atoms with Crippen LogP contribution in [0.5, 0.6) is 0 Å². The van der Waals surface area contributed by atoms with Crippen LogP contribution >= 0.6 is 11.3 Å². The molecule has 26 heavy (non-hydrogen) atoms. The van der Waals surface area contributed by atoms with Gasteiger partial charge in [-0.25, -0.2) is 9.78 Å². The number of carbonyl (C=O) groups is 1. The lowest BCUT2D eigenvalue weighted by Crippen LogP contribution is -2.26. The van der Waals surface area contributed by atoms with Gasteiger partial charge in [-0.3, -0.25) is 9.36 Å². The number of carbonyl (C=O) groups excluding carboxylic acids is 1. The van der Waals surface area contributed by atoms with E-state index in [2.05, 4.69) is 15.6 Å². The van der Waals surface area contributed by atoms with Gasteiger partial charge in [0.15, 0.2) is 10.7 Å². The average molecular weight is 372 g/mol. The summed E-state index contributed by atoms with van der Waals surface area (Å²) in [7, 11) is 0. The Labute approximate surface area is 154 Å². The molecule has 4 rings (SSSR count). The van der Waals surface area contributed by atoms with Crippen LogP contribution in [0.4, 0.5) is 5.13 Å². The molecule has 1 saturated heterocycles. The van der Waals surface area contributed by atoms with Gasteiger partial charge < -0.3 is 15.1 Å². The molecule has 0 unspecified atom stereocenters. The van der Waals surface area contributed by atoms with Crippen molar-refractivity contribution < 1.29 is 9.21 Å². The molecule has 1 aliphatic heterocycles. The third kappa shape index (κ3) is 3.56. The summed E-state index contributed by atoms with van der Waals surface area (Å²) in [6.07, 6.45) is 4.26. The van der Waals surface area contributed by atoms with Crippen LogP contribution in [0.15, 0.2) is 39.7 Å². The molecule has 0 spiro atoms. The number of anilines is 1. The smallest absolute Gasteiger partial charge is 0.408 e. The van der Waals surface area contributed by atoms with Gasteiger partial charge in [0.1, 0.15) is 0 Å². The molecule has 2 aromatic heterocycles. The second-order valence-electron chi connectivity index (χ2n) is 6.38. The molecule has 1 aromatic carbocycles. The maximum absolute atomic E-state index is 12.2. The number of nitrogens with zero attached hydrogens (tertiary/aromatic N) is 2. The van der Waals surface area contributed by atoms with E-state index in [9.17, 15) is 9.59 Å². The minimum Gasteiger partial charge on any atom is -0.408 e. The van der Waals surface area contributed by atoms with E-state index in [0.717, 1.165) is 25.9 Å². The van der Waals surface area contributed by atoms with E-state index < -0.39 is 5.76 Å². The molecule has 1 fully saturated rings. The van der Waals surface area contributed by atoms with Gasteiger partial charge in [-0.1, -0.05) is 12.1 Å². The number of amides is 1. The van der Waals surface area contributed by atoms with Crippen molar-refractivity contribution in [2.45, 2.75) is 31.7 Å². The maximum Gasteiger partial charge on any atom is 0.419 e. The number of aromatic nitrogens is 2. The number of fused-ring (bicyclic) bond motifs is 1. The molecule has 0 atom stereocenters. The predicted molar refractivity (Wildman–Crippen MR) is 101 cm³/mol. The normalized spacial score (nSPS) is 15.4. The molecule has 3 heterocycles. The Balaban J connectivity index is 1.37.